The highest BCUT2D eigenvalue weighted by Gasteiger charge is 2.37. The number of carbonyl (C=O) groups is 1. The van der Waals surface area contributed by atoms with Gasteiger partial charge in [-0.2, -0.15) is 0 Å². The standard InChI is InChI=1S/C10H20N2O/c1-4-10(3,11)8(13)12-9(2)6-5-7-9/h4-7,11H2,1-3H3,(H,12,13). The van der Waals surface area contributed by atoms with Crippen molar-refractivity contribution in [1.82, 2.24) is 5.32 Å². The third-order valence-corrected chi connectivity index (χ3v) is 3.13. The molecule has 0 aliphatic heterocycles. The maximum Gasteiger partial charge on any atom is 0.240 e. The molecule has 1 unspecified atom stereocenters. The smallest absolute Gasteiger partial charge is 0.240 e. The second-order valence-electron chi connectivity index (χ2n) is 4.64. The summed E-state index contributed by atoms with van der Waals surface area (Å²) < 4.78 is 0. The maximum absolute atomic E-state index is 11.7. The summed E-state index contributed by atoms with van der Waals surface area (Å²) in [5.74, 6) is -0.0165. The van der Waals surface area contributed by atoms with Gasteiger partial charge in [0, 0.05) is 5.54 Å². The van der Waals surface area contributed by atoms with Crippen LogP contribution in [0.1, 0.15) is 46.5 Å². The number of hydrogen-bond acceptors (Lipinski definition) is 2. The number of nitrogens with two attached hydrogens (primary N) is 1. The first kappa shape index (κ1) is 10.5. The summed E-state index contributed by atoms with van der Waals surface area (Å²) >= 11 is 0. The average Bonchev–Trinajstić information content (AvgIpc) is 2.01. The molecule has 13 heavy (non-hydrogen) atoms. The molecule has 1 amide bonds. The molecule has 3 nitrogen and oxygen atoms in total. The van der Waals surface area contributed by atoms with Gasteiger partial charge in [-0.15, -0.1) is 0 Å². The first-order chi connectivity index (χ1) is 5.90. The van der Waals surface area contributed by atoms with E-state index in [9.17, 15) is 4.79 Å². The summed E-state index contributed by atoms with van der Waals surface area (Å²) in [5.41, 5.74) is 5.14. The Balaban J connectivity index is 2.49. The highest BCUT2D eigenvalue weighted by Crippen LogP contribution is 2.31. The monoisotopic (exact) mass is 184 g/mol. The third kappa shape index (κ3) is 2.21. The Labute approximate surface area is 80.1 Å². The molecule has 1 rings (SSSR count). The molecule has 0 aromatic carbocycles. The lowest BCUT2D eigenvalue weighted by Gasteiger charge is -2.41. The van der Waals surface area contributed by atoms with E-state index in [0.29, 0.717) is 6.42 Å². The zero-order chi connectivity index (χ0) is 10.1. The molecule has 1 fully saturated rings. The van der Waals surface area contributed by atoms with Crippen LogP contribution in [0.4, 0.5) is 0 Å². The molecule has 0 spiro atoms. The largest absolute Gasteiger partial charge is 0.349 e. The van der Waals surface area contributed by atoms with Crippen molar-refractivity contribution in [1.29, 1.82) is 0 Å². The van der Waals surface area contributed by atoms with Gasteiger partial charge in [0.15, 0.2) is 0 Å². The highest BCUT2D eigenvalue weighted by molar-refractivity contribution is 5.86. The molecule has 0 aromatic heterocycles. The van der Waals surface area contributed by atoms with E-state index in [1.807, 2.05) is 6.92 Å². The number of hydrogen-bond donors (Lipinski definition) is 2. The van der Waals surface area contributed by atoms with Crippen LogP contribution in [-0.4, -0.2) is 17.0 Å². The van der Waals surface area contributed by atoms with E-state index in [1.54, 1.807) is 6.92 Å². The summed E-state index contributed by atoms with van der Waals surface area (Å²) in [5, 5.41) is 3.02. The molecule has 1 atom stereocenters. The van der Waals surface area contributed by atoms with E-state index < -0.39 is 5.54 Å². The number of nitrogens with one attached hydrogen (secondary N) is 1. The summed E-state index contributed by atoms with van der Waals surface area (Å²) in [6, 6.07) is 0. The van der Waals surface area contributed by atoms with Crippen molar-refractivity contribution in [3.05, 3.63) is 0 Å². The fraction of sp³-hybridized carbons (Fsp3) is 0.900. The SMILES string of the molecule is CCC(C)(N)C(=O)NC1(C)CCC1. The van der Waals surface area contributed by atoms with Gasteiger partial charge in [0.1, 0.15) is 0 Å². The predicted octanol–water partition coefficient (Wildman–Crippen LogP) is 1.17. The minimum Gasteiger partial charge on any atom is -0.349 e. The molecule has 3 N–H and O–H groups in total. The Bertz CT molecular complexity index is 207. The first-order valence-electron chi connectivity index (χ1n) is 5.01. The third-order valence-electron chi connectivity index (χ3n) is 3.13. The van der Waals surface area contributed by atoms with Crippen LogP contribution in [0.15, 0.2) is 0 Å². The van der Waals surface area contributed by atoms with Crippen molar-refractivity contribution in [3.63, 3.8) is 0 Å². The van der Waals surface area contributed by atoms with Crippen LogP contribution >= 0.6 is 0 Å². The number of rotatable bonds is 3. The minimum absolute atomic E-state index is 0.0165. The van der Waals surface area contributed by atoms with E-state index in [1.165, 1.54) is 6.42 Å². The van der Waals surface area contributed by atoms with Gasteiger partial charge in [0.25, 0.3) is 0 Å². The molecule has 3 heteroatoms. The minimum atomic E-state index is -0.710. The lowest BCUT2D eigenvalue weighted by molar-refractivity contribution is -0.128. The van der Waals surface area contributed by atoms with Crippen molar-refractivity contribution < 1.29 is 4.79 Å². The predicted molar refractivity (Wildman–Crippen MR) is 53.3 cm³/mol. The number of amides is 1. The van der Waals surface area contributed by atoms with Crippen LogP contribution in [0, 0.1) is 0 Å². The molecular formula is C10H20N2O. The first-order valence-corrected chi connectivity index (χ1v) is 5.01. The van der Waals surface area contributed by atoms with Crippen LogP contribution in [0.25, 0.3) is 0 Å². The molecule has 0 bridgehead atoms. The van der Waals surface area contributed by atoms with Crippen LogP contribution < -0.4 is 11.1 Å². The van der Waals surface area contributed by atoms with E-state index in [2.05, 4.69) is 12.2 Å². The molecule has 76 valence electrons. The lowest BCUT2D eigenvalue weighted by Crippen LogP contribution is -2.60. The molecule has 0 saturated heterocycles. The molecule has 0 radical (unpaired) electrons. The van der Waals surface area contributed by atoms with Crippen LogP contribution in [-0.2, 0) is 4.79 Å². The quantitative estimate of drug-likeness (QED) is 0.692. The van der Waals surface area contributed by atoms with Crippen LogP contribution in [0.5, 0.6) is 0 Å². The summed E-state index contributed by atoms with van der Waals surface area (Å²) in [6.07, 6.45) is 4.05. The Morgan fingerprint density at radius 2 is 2.15 bits per heavy atom. The van der Waals surface area contributed by atoms with Crippen molar-refractivity contribution in [2.45, 2.75) is 57.5 Å². The molecule has 0 aromatic rings. The zero-order valence-electron chi connectivity index (χ0n) is 8.81. The van der Waals surface area contributed by atoms with Gasteiger partial charge in [-0.3, -0.25) is 4.79 Å². The molecule has 1 aliphatic carbocycles. The lowest BCUT2D eigenvalue weighted by atomic mass is 9.78. The Hall–Kier alpha value is -0.570. The zero-order valence-corrected chi connectivity index (χ0v) is 8.81. The Morgan fingerprint density at radius 3 is 2.46 bits per heavy atom. The maximum atomic E-state index is 11.7. The average molecular weight is 184 g/mol. The van der Waals surface area contributed by atoms with E-state index >= 15 is 0 Å². The van der Waals surface area contributed by atoms with Crippen LogP contribution in [0.2, 0.25) is 0 Å². The van der Waals surface area contributed by atoms with Gasteiger partial charge < -0.3 is 11.1 Å². The Morgan fingerprint density at radius 1 is 1.62 bits per heavy atom. The van der Waals surface area contributed by atoms with Crippen molar-refractivity contribution in [2.75, 3.05) is 0 Å². The molecule has 1 aliphatic rings. The summed E-state index contributed by atoms with van der Waals surface area (Å²) in [6.45, 7) is 5.80. The Kier molecular flexibility index (Phi) is 2.66. The highest BCUT2D eigenvalue weighted by atomic mass is 16.2. The number of carbonyl (C=O) groups excluding carboxylic acids is 1. The van der Waals surface area contributed by atoms with Gasteiger partial charge >= 0.3 is 0 Å². The molecule has 0 heterocycles. The van der Waals surface area contributed by atoms with Crippen LogP contribution in [0.3, 0.4) is 0 Å². The van der Waals surface area contributed by atoms with Crippen molar-refractivity contribution >= 4 is 5.91 Å². The van der Waals surface area contributed by atoms with Gasteiger partial charge in [0.2, 0.25) is 5.91 Å². The van der Waals surface area contributed by atoms with Gasteiger partial charge in [-0.05, 0) is 39.5 Å². The second kappa shape index (κ2) is 3.29. The van der Waals surface area contributed by atoms with Gasteiger partial charge in [-0.25, -0.2) is 0 Å². The van der Waals surface area contributed by atoms with E-state index in [-0.39, 0.29) is 11.4 Å². The topological polar surface area (TPSA) is 55.1 Å². The fourth-order valence-corrected chi connectivity index (χ4v) is 1.41. The van der Waals surface area contributed by atoms with E-state index in [4.69, 9.17) is 5.73 Å². The second-order valence-corrected chi connectivity index (χ2v) is 4.64. The summed E-state index contributed by atoms with van der Waals surface area (Å²) in [7, 11) is 0. The van der Waals surface area contributed by atoms with Crippen molar-refractivity contribution in [2.24, 2.45) is 5.73 Å². The van der Waals surface area contributed by atoms with Crippen molar-refractivity contribution in [3.8, 4) is 0 Å². The van der Waals surface area contributed by atoms with E-state index in [0.717, 1.165) is 12.8 Å². The fourth-order valence-electron chi connectivity index (χ4n) is 1.41. The molecule has 1 saturated carbocycles. The molecular weight excluding hydrogens is 164 g/mol. The summed E-state index contributed by atoms with van der Waals surface area (Å²) in [4.78, 5) is 11.7. The van der Waals surface area contributed by atoms with Gasteiger partial charge in [0.05, 0.1) is 5.54 Å². The van der Waals surface area contributed by atoms with Gasteiger partial charge in [-0.1, -0.05) is 6.92 Å². The normalized spacial score (nSPS) is 24.3.